The second-order valence-electron chi connectivity index (χ2n) is 6.65. The zero-order valence-electron chi connectivity index (χ0n) is 14.9. The molecular formula is C19H39NO. The van der Waals surface area contributed by atoms with Gasteiger partial charge in [-0.15, -0.1) is 0 Å². The summed E-state index contributed by atoms with van der Waals surface area (Å²) >= 11 is 0. The third kappa shape index (κ3) is 17.6. The van der Waals surface area contributed by atoms with Gasteiger partial charge in [-0.1, -0.05) is 77.6 Å². The van der Waals surface area contributed by atoms with E-state index >= 15 is 0 Å². The topological polar surface area (TPSA) is 29.1 Å². The van der Waals surface area contributed by atoms with Crippen LogP contribution in [0, 0.1) is 0 Å². The molecule has 0 aromatic carbocycles. The molecular weight excluding hydrogens is 258 g/mol. The summed E-state index contributed by atoms with van der Waals surface area (Å²) in [6.45, 7) is 7.11. The number of hydrogen-bond acceptors (Lipinski definition) is 2. The van der Waals surface area contributed by atoms with Crippen LogP contribution in [0.15, 0.2) is 0 Å². The van der Waals surface area contributed by atoms with Gasteiger partial charge in [-0.25, -0.2) is 0 Å². The molecule has 1 atom stereocenters. The monoisotopic (exact) mass is 297 g/mol. The van der Waals surface area contributed by atoms with E-state index in [0.29, 0.717) is 12.5 Å². The first-order valence-corrected chi connectivity index (χ1v) is 9.39. The highest BCUT2D eigenvalue weighted by atomic mass is 16.1. The van der Waals surface area contributed by atoms with Gasteiger partial charge in [-0.05, 0) is 26.8 Å². The van der Waals surface area contributed by atoms with E-state index in [1.54, 1.807) is 6.92 Å². The number of unbranched alkanes of at least 4 members (excludes halogenated alkanes) is 11. The van der Waals surface area contributed by atoms with Crippen molar-refractivity contribution in [2.45, 2.75) is 110 Å². The van der Waals surface area contributed by atoms with Gasteiger partial charge in [0.2, 0.25) is 0 Å². The van der Waals surface area contributed by atoms with E-state index in [-0.39, 0.29) is 5.78 Å². The van der Waals surface area contributed by atoms with Gasteiger partial charge in [0.05, 0.1) is 0 Å². The number of rotatable bonds is 16. The molecule has 1 unspecified atom stereocenters. The predicted octanol–water partition coefficient (Wildman–Crippen LogP) is 5.64. The van der Waals surface area contributed by atoms with Crippen LogP contribution in [0.4, 0.5) is 0 Å². The lowest BCUT2D eigenvalue weighted by Gasteiger charge is -2.11. The fourth-order valence-corrected chi connectivity index (χ4v) is 2.82. The second-order valence-corrected chi connectivity index (χ2v) is 6.65. The number of Topliss-reactive ketones (excluding diaryl/α,β-unsaturated/α-hetero) is 1. The first kappa shape index (κ1) is 20.6. The molecule has 0 amide bonds. The van der Waals surface area contributed by atoms with Crippen molar-refractivity contribution in [1.29, 1.82) is 0 Å². The second kappa shape index (κ2) is 16.0. The Morgan fingerprint density at radius 1 is 0.810 bits per heavy atom. The maximum absolute atomic E-state index is 10.9. The van der Waals surface area contributed by atoms with E-state index in [0.717, 1.165) is 6.54 Å². The van der Waals surface area contributed by atoms with Crippen molar-refractivity contribution in [3.8, 4) is 0 Å². The molecule has 0 saturated heterocycles. The van der Waals surface area contributed by atoms with Gasteiger partial charge in [0, 0.05) is 12.5 Å². The maximum Gasteiger partial charge on any atom is 0.131 e. The molecule has 2 heteroatoms. The summed E-state index contributed by atoms with van der Waals surface area (Å²) in [6, 6.07) is 0.343. The fourth-order valence-electron chi connectivity index (χ4n) is 2.82. The lowest BCUT2D eigenvalue weighted by Crippen LogP contribution is -2.28. The van der Waals surface area contributed by atoms with Crippen molar-refractivity contribution in [2.24, 2.45) is 0 Å². The van der Waals surface area contributed by atoms with Gasteiger partial charge >= 0.3 is 0 Å². The largest absolute Gasteiger partial charge is 0.314 e. The van der Waals surface area contributed by atoms with E-state index in [2.05, 4.69) is 19.2 Å². The van der Waals surface area contributed by atoms with Crippen LogP contribution in [0.1, 0.15) is 104 Å². The molecule has 0 rings (SSSR count). The average Bonchev–Trinajstić information content (AvgIpc) is 2.43. The molecule has 0 aliphatic heterocycles. The Kier molecular flexibility index (Phi) is 15.7. The number of ketones is 1. The van der Waals surface area contributed by atoms with Crippen molar-refractivity contribution in [1.82, 2.24) is 5.32 Å². The number of hydrogen-bond donors (Lipinski definition) is 1. The maximum atomic E-state index is 10.9. The van der Waals surface area contributed by atoms with Crippen LogP contribution >= 0.6 is 0 Å². The lowest BCUT2D eigenvalue weighted by molar-refractivity contribution is -0.117. The smallest absolute Gasteiger partial charge is 0.131 e. The third-order valence-electron chi connectivity index (χ3n) is 4.12. The molecule has 0 fully saturated rings. The molecule has 0 aliphatic carbocycles. The average molecular weight is 298 g/mol. The van der Waals surface area contributed by atoms with Crippen LogP contribution in [0.5, 0.6) is 0 Å². The summed E-state index contributed by atoms with van der Waals surface area (Å²) in [7, 11) is 0. The molecule has 0 saturated carbocycles. The Labute approximate surface area is 133 Å². The predicted molar refractivity (Wildman–Crippen MR) is 93.8 cm³/mol. The van der Waals surface area contributed by atoms with Crippen molar-refractivity contribution >= 4 is 5.78 Å². The first-order chi connectivity index (χ1) is 10.2. The summed E-state index contributed by atoms with van der Waals surface area (Å²) in [5.41, 5.74) is 0. The number of carbonyl (C=O) groups is 1. The SMILES string of the molecule is CCCCCCCCCCCCCCNC(C)CC(C)=O. The lowest BCUT2D eigenvalue weighted by atomic mass is 10.1. The highest BCUT2D eigenvalue weighted by molar-refractivity contribution is 5.76. The molecule has 2 nitrogen and oxygen atoms in total. The Hall–Kier alpha value is -0.370. The fraction of sp³-hybridized carbons (Fsp3) is 0.947. The van der Waals surface area contributed by atoms with E-state index in [1.165, 1.54) is 77.0 Å². The molecule has 0 heterocycles. The quantitative estimate of drug-likeness (QED) is 0.373. The van der Waals surface area contributed by atoms with E-state index in [4.69, 9.17) is 0 Å². The first-order valence-electron chi connectivity index (χ1n) is 9.39. The summed E-state index contributed by atoms with van der Waals surface area (Å²) in [5.74, 6) is 0.282. The molecule has 0 aromatic heterocycles. The zero-order chi connectivity index (χ0) is 15.8. The van der Waals surface area contributed by atoms with Crippen molar-refractivity contribution in [3.63, 3.8) is 0 Å². The van der Waals surface area contributed by atoms with Crippen molar-refractivity contribution < 1.29 is 4.79 Å². The third-order valence-corrected chi connectivity index (χ3v) is 4.12. The summed E-state index contributed by atoms with van der Waals surface area (Å²) in [6.07, 6.45) is 17.4. The molecule has 126 valence electrons. The number of carbonyl (C=O) groups excluding carboxylic acids is 1. The molecule has 0 aromatic rings. The minimum atomic E-state index is 0.282. The highest BCUT2D eigenvalue weighted by Crippen LogP contribution is 2.11. The van der Waals surface area contributed by atoms with Gasteiger partial charge < -0.3 is 5.32 Å². The normalized spacial score (nSPS) is 12.5. The molecule has 21 heavy (non-hydrogen) atoms. The molecule has 0 radical (unpaired) electrons. The van der Waals surface area contributed by atoms with Crippen molar-refractivity contribution in [3.05, 3.63) is 0 Å². The van der Waals surface area contributed by atoms with Gasteiger partial charge in [0.1, 0.15) is 5.78 Å². The Morgan fingerprint density at radius 2 is 1.24 bits per heavy atom. The van der Waals surface area contributed by atoms with Crippen LogP contribution in [0.25, 0.3) is 0 Å². The molecule has 0 spiro atoms. The van der Waals surface area contributed by atoms with Crippen LogP contribution in [-0.4, -0.2) is 18.4 Å². The molecule has 0 aliphatic rings. The van der Waals surface area contributed by atoms with E-state index in [9.17, 15) is 4.79 Å². The molecule has 1 N–H and O–H groups in total. The number of nitrogens with one attached hydrogen (secondary N) is 1. The minimum Gasteiger partial charge on any atom is -0.314 e. The Morgan fingerprint density at radius 3 is 1.67 bits per heavy atom. The van der Waals surface area contributed by atoms with Crippen LogP contribution in [0.2, 0.25) is 0 Å². The van der Waals surface area contributed by atoms with Gasteiger partial charge in [0.25, 0.3) is 0 Å². The minimum absolute atomic E-state index is 0.282. The van der Waals surface area contributed by atoms with Gasteiger partial charge in [-0.3, -0.25) is 4.79 Å². The Balaban J connectivity index is 3.07. The van der Waals surface area contributed by atoms with Crippen LogP contribution < -0.4 is 5.32 Å². The summed E-state index contributed by atoms with van der Waals surface area (Å²) in [5, 5.41) is 3.43. The highest BCUT2D eigenvalue weighted by Gasteiger charge is 2.03. The van der Waals surface area contributed by atoms with Crippen LogP contribution in [-0.2, 0) is 4.79 Å². The van der Waals surface area contributed by atoms with Gasteiger partial charge in [0.15, 0.2) is 0 Å². The van der Waals surface area contributed by atoms with E-state index in [1.807, 2.05) is 0 Å². The molecule has 0 bridgehead atoms. The summed E-state index contributed by atoms with van der Waals surface area (Å²) in [4.78, 5) is 10.9. The van der Waals surface area contributed by atoms with Crippen LogP contribution in [0.3, 0.4) is 0 Å². The zero-order valence-corrected chi connectivity index (χ0v) is 14.9. The van der Waals surface area contributed by atoms with E-state index < -0.39 is 0 Å². The van der Waals surface area contributed by atoms with Gasteiger partial charge in [-0.2, -0.15) is 0 Å². The standard InChI is InChI=1S/C19H39NO/c1-4-5-6-7-8-9-10-11-12-13-14-15-16-20-18(2)17-19(3)21/h18,20H,4-17H2,1-3H3. The summed E-state index contributed by atoms with van der Waals surface area (Å²) < 4.78 is 0. The Bertz CT molecular complexity index is 228. The van der Waals surface area contributed by atoms with Crippen molar-refractivity contribution in [2.75, 3.05) is 6.54 Å².